The molecule has 1 unspecified atom stereocenters. The van der Waals surface area contributed by atoms with E-state index in [0.29, 0.717) is 6.42 Å². The first-order valence-electron chi connectivity index (χ1n) is 3.54. The van der Waals surface area contributed by atoms with Crippen molar-refractivity contribution in [2.45, 2.75) is 20.3 Å². The summed E-state index contributed by atoms with van der Waals surface area (Å²) in [7, 11) is 0. The Kier molecular flexibility index (Phi) is 5.61. The average Bonchev–Trinajstić information content (AvgIpc) is 1.87. The molecule has 1 atom stereocenters. The van der Waals surface area contributed by atoms with Crippen LogP contribution >= 0.6 is 23.2 Å². The van der Waals surface area contributed by atoms with Crippen LogP contribution in [0.25, 0.3) is 0 Å². The summed E-state index contributed by atoms with van der Waals surface area (Å²) < 4.78 is 0. The highest BCUT2D eigenvalue weighted by Crippen LogP contribution is 2.18. The van der Waals surface area contributed by atoms with Gasteiger partial charge in [0.25, 0.3) is 0 Å². The number of rotatable bonds is 4. The maximum absolute atomic E-state index is 10.8. The monoisotopic (exact) mass is 194 g/mol. The molecule has 0 saturated carbocycles. The predicted octanol–water partition coefficient (Wildman–Crippen LogP) is 3.17. The fraction of sp³-hybridized carbons (Fsp3) is 0.625. The topological polar surface area (TPSA) is 17.1 Å². The zero-order chi connectivity index (χ0) is 8.85. The second-order valence-electron chi connectivity index (χ2n) is 2.75. The normalized spacial score (nSPS) is 14.3. The Balaban J connectivity index is 4.00. The third-order valence-corrected chi connectivity index (χ3v) is 2.03. The quantitative estimate of drug-likeness (QED) is 0.629. The Morgan fingerprint density at radius 3 is 2.36 bits per heavy atom. The van der Waals surface area contributed by atoms with Crippen LogP contribution in [0.4, 0.5) is 0 Å². The smallest absolute Gasteiger partial charge is 0.225 e. The Morgan fingerprint density at radius 1 is 1.55 bits per heavy atom. The zero-order valence-corrected chi connectivity index (χ0v) is 8.19. The first-order chi connectivity index (χ1) is 5.09. The minimum absolute atomic E-state index is 0.105. The summed E-state index contributed by atoms with van der Waals surface area (Å²) in [6.07, 6.45) is 2.37. The average molecular weight is 195 g/mol. The zero-order valence-electron chi connectivity index (χ0n) is 6.68. The van der Waals surface area contributed by atoms with E-state index in [1.54, 1.807) is 6.08 Å². The van der Waals surface area contributed by atoms with Gasteiger partial charge in [-0.1, -0.05) is 31.5 Å². The fourth-order valence-electron chi connectivity index (χ4n) is 0.825. The van der Waals surface area contributed by atoms with E-state index in [2.05, 4.69) is 0 Å². The fourth-order valence-corrected chi connectivity index (χ4v) is 1.27. The molecule has 0 N–H and O–H groups in total. The van der Waals surface area contributed by atoms with E-state index < -0.39 is 0 Å². The molecule has 0 aromatic carbocycles. The molecule has 64 valence electrons. The van der Waals surface area contributed by atoms with Crippen LogP contribution in [-0.2, 0) is 4.79 Å². The lowest BCUT2D eigenvalue weighted by Crippen LogP contribution is -2.14. The van der Waals surface area contributed by atoms with Crippen molar-refractivity contribution in [2.75, 3.05) is 0 Å². The maximum atomic E-state index is 10.8. The highest BCUT2D eigenvalue weighted by Gasteiger charge is 2.18. The molecule has 0 aliphatic heterocycles. The van der Waals surface area contributed by atoms with Gasteiger partial charge in [0.05, 0.1) is 0 Å². The van der Waals surface area contributed by atoms with Crippen molar-refractivity contribution in [2.24, 2.45) is 11.8 Å². The van der Waals surface area contributed by atoms with Crippen molar-refractivity contribution in [3.8, 4) is 0 Å². The van der Waals surface area contributed by atoms with Crippen LogP contribution in [0.3, 0.4) is 0 Å². The van der Waals surface area contributed by atoms with Crippen LogP contribution in [0.5, 0.6) is 0 Å². The molecule has 0 aliphatic rings. The summed E-state index contributed by atoms with van der Waals surface area (Å²) in [4.78, 5) is 10.8. The van der Waals surface area contributed by atoms with E-state index in [4.69, 9.17) is 23.2 Å². The molecule has 0 radical (unpaired) electrons. The number of carbonyl (C=O) groups excluding carboxylic acids is 1. The van der Waals surface area contributed by atoms with Gasteiger partial charge in [-0.05, 0) is 23.9 Å². The molecule has 3 heteroatoms. The first-order valence-corrected chi connectivity index (χ1v) is 4.35. The van der Waals surface area contributed by atoms with Crippen molar-refractivity contribution in [1.29, 1.82) is 0 Å². The highest BCUT2D eigenvalue weighted by atomic mass is 35.5. The number of carbonyl (C=O) groups is 1. The largest absolute Gasteiger partial charge is 0.281 e. The van der Waals surface area contributed by atoms with Gasteiger partial charge < -0.3 is 0 Å². The Bertz CT molecular complexity index is 152. The van der Waals surface area contributed by atoms with Gasteiger partial charge in [0.2, 0.25) is 5.24 Å². The lowest BCUT2D eigenvalue weighted by Gasteiger charge is -2.13. The van der Waals surface area contributed by atoms with Gasteiger partial charge in [-0.3, -0.25) is 4.79 Å². The second-order valence-corrected chi connectivity index (χ2v) is 3.38. The summed E-state index contributed by atoms with van der Waals surface area (Å²) >= 11 is 10.7. The Hall–Kier alpha value is -0.0100. The molecule has 0 aliphatic carbocycles. The molecule has 0 amide bonds. The second kappa shape index (κ2) is 5.62. The van der Waals surface area contributed by atoms with Crippen molar-refractivity contribution in [1.82, 2.24) is 0 Å². The predicted molar refractivity (Wildman–Crippen MR) is 48.8 cm³/mol. The molecule has 0 aromatic heterocycles. The van der Waals surface area contributed by atoms with Crippen molar-refractivity contribution >= 4 is 28.4 Å². The van der Waals surface area contributed by atoms with Crippen LogP contribution in [0.2, 0.25) is 0 Å². The van der Waals surface area contributed by atoms with Gasteiger partial charge in [-0.25, -0.2) is 0 Å². The van der Waals surface area contributed by atoms with Crippen LogP contribution in [0.15, 0.2) is 11.6 Å². The standard InChI is InChI=1S/C8H12Cl2O/c1-6(2)7(8(10)11)4-3-5-9/h3,5-7H,4H2,1-2H3/b5-3+. The van der Waals surface area contributed by atoms with Crippen molar-refractivity contribution < 1.29 is 4.79 Å². The Morgan fingerprint density at radius 2 is 2.09 bits per heavy atom. The van der Waals surface area contributed by atoms with Crippen LogP contribution in [-0.4, -0.2) is 5.24 Å². The van der Waals surface area contributed by atoms with Crippen LogP contribution in [0, 0.1) is 11.8 Å². The van der Waals surface area contributed by atoms with E-state index in [9.17, 15) is 4.79 Å². The van der Waals surface area contributed by atoms with Crippen molar-refractivity contribution in [3.05, 3.63) is 11.6 Å². The molecule has 0 bridgehead atoms. The number of hydrogen-bond donors (Lipinski definition) is 0. The van der Waals surface area contributed by atoms with Gasteiger partial charge in [0.15, 0.2) is 0 Å². The van der Waals surface area contributed by atoms with E-state index in [0.717, 1.165) is 0 Å². The lowest BCUT2D eigenvalue weighted by atomic mass is 9.94. The molecular formula is C8H12Cl2O. The first kappa shape index (κ1) is 11.0. The molecule has 0 heterocycles. The van der Waals surface area contributed by atoms with E-state index in [1.807, 2.05) is 13.8 Å². The van der Waals surface area contributed by atoms with E-state index in [1.165, 1.54) is 5.54 Å². The summed E-state index contributed by atoms with van der Waals surface area (Å²) in [5, 5.41) is -0.283. The van der Waals surface area contributed by atoms with Gasteiger partial charge in [-0.15, -0.1) is 0 Å². The lowest BCUT2D eigenvalue weighted by molar-refractivity contribution is -0.116. The van der Waals surface area contributed by atoms with Crippen LogP contribution in [0.1, 0.15) is 20.3 Å². The number of allylic oxidation sites excluding steroid dienone is 1. The molecule has 0 aromatic rings. The molecule has 11 heavy (non-hydrogen) atoms. The molecule has 0 saturated heterocycles. The minimum Gasteiger partial charge on any atom is -0.281 e. The van der Waals surface area contributed by atoms with Crippen molar-refractivity contribution in [3.63, 3.8) is 0 Å². The third kappa shape index (κ3) is 4.44. The Labute approximate surface area is 77.4 Å². The van der Waals surface area contributed by atoms with Gasteiger partial charge in [-0.2, -0.15) is 0 Å². The summed E-state index contributed by atoms with van der Waals surface area (Å²) in [5.41, 5.74) is 1.41. The SMILES string of the molecule is CC(C)C(C/C=C/Cl)C(=O)Cl. The molecular weight excluding hydrogens is 183 g/mol. The highest BCUT2D eigenvalue weighted by molar-refractivity contribution is 6.64. The van der Waals surface area contributed by atoms with Gasteiger partial charge in [0, 0.05) is 11.5 Å². The van der Waals surface area contributed by atoms with Crippen LogP contribution < -0.4 is 0 Å². The summed E-state index contributed by atoms with van der Waals surface area (Å²) in [6.45, 7) is 3.93. The van der Waals surface area contributed by atoms with Gasteiger partial charge in [0.1, 0.15) is 0 Å². The maximum Gasteiger partial charge on any atom is 0.225 e. The third-order valence-electron chi connectivity index (χ3n) is 1.58. The molecule has 0 fully saturated rings. The minimum atomic E-state index is -0.283. The van der Waals surface area contributed by atoms with Gasteiger partial charge >= 0.3 is 0 Å². The van der Waals surface area contributed by atoms with E-state index in [-0.39, 0.29) is 17.1 Å². The number of hydrogen-bond acceptors (Lipinski definition) is 1. The van der Waals surface area contributed by atoms with E-state index >= 15 is 0 Å². The molecule has 0 spiro atoms. The molecule has 0 rings (SSSR count). The summed E-state index contributed by atoms with van der Waals surface area (Å²) in [6, 6.07) is 0. The summed E-state index contributed by atoms with van der Waals surface area (Å²) in [5.74, 6) is 0.166. The number of halogens is 2. The molecule has 1 nitrogen and oxygen atoms in total.